The van der Waals surface area contributed by atoms with Crippen LogP contribution in [0.4, 0.5) is 0 Å². The maximum atomic E-state index is 13.7. The maximum Gasteiger partial charge on any atom is 0.242 e. The highest BCUT2D eigenvalue weighted by Crippen LogP contribution is 2.37. The number of nitrogens with one attached hydrogen (secondary N) is 1. The Bertz CT molecular complexity index is 1220. The Kier molecular flexibility index (Phi) is 8.78. The van der Waals surface area contributed by atoms with Gasteiger partial charge in [0.05, 0.1) is 5.60 Å². The second-order valence-corrected chi connectivity index (χ2v) is 15.8. The van der Waals surface area contributed by atoms with Crippen LogP contribution >= 0.6 is 0 Å². The Morgan fingerprint density at radius 1 is 0.949 bits per heavy atom. The van der Waals surface area contributed by atoms with Crippen molar-refractivity contribution in [3.63, 3.8) is 0 Å². The number of aliphatic hydroxyl groups is 1. The molecule has 0 bridgehead atoms. The normalized spacial score (nSPS) is 19.4. The Balaban J connectivity index is 1.80. The largest absolute Gasteiger partial charge is 0.388 e. The van der Waals surface area contributed by atoms with Crippen molar-refractivity contribution >= 4 is 10.0 Å². The summed E-state index contributed by atoms with van der Waals surface area (Å²) in [7, 11) is -3.83. The summed E-state index contributed by atoms with van der Waals surface area (Å²) in [5.74, 6) is 0.544. The lowest BCUT2D eigenvalue weighted by Gasteiger charge is -2.31. The summed E-state index contributed by atoms with van der Waals surface area (Å²) in [6, 6.07) is 8.66. The van der Waals surface area contributed by atoms with Crippen molar-refractivity contribution in [3.8, 4) is 11.3 Å². The summed E-state index contributed by atoms with van der Waals surface area (Å²) >= 11 is 0. The van der Waals surface area contributed by atoms with Crippen LogP contribution in [0.25, 0.3) is 11.3 Å². The first-order valence-corrected chi connectivity index (χ1v) is 16.2. The smallest absolute Gasteiger partial charge is 0.242 e. The molecule has 1 aliphatic heterocycles. The standard InChI is InChI=1S/C32H50N2O4S/c1-23-29(39(36,37)33-22-32(35)13-15-38-16-14-32)20-28(34(23)21-24-11-9-8-10-12-24)25-17-26(30(2,3)4)19-27(18-25)31(5,6)7/h17-20,24,33,35H,8-16,21-22H2,1-7H3. The van der Waals surface area contributed by atoms with Crippen molar-refractivity contribution in [2.24, 2.45) is 5.92 Å². The molecule has 39 heavy (non-hydrogen) atoms. The van der Waals surface area contributed by atoms with E-state index in [2.05, 4.69) is 69.0 Å². The zero-order chi connectivity index (χ0) is 28.6. The molecule has 1 saturated carbocycles. The Hall–Kier alpha value is -1.67. The Labute approximate surface area is 236 Å². The van der Waals surface area contributed by atoms with E-state index < -0.39 is 15.6 Å². The van der Waals surface area contributed by atoms with E-state index in [-0.39, 0.29) is 17.4 Å². The van der Waals surface area contributed by atoms with Crippen molar-refractivity contribution in [2.75, 3.05) is 19.8 Å². The molecule has 2 heterocycles. The number of ether oxygens (including phenoxy) is 1. The fraction of sp³-hybridized carbons (Fsp3) is 0.688. The molecule has 1 aliphatic carbocycles. The zero-order valence-corrected chi connectivity index (χ0v) is 26.0. The lowest BCUT2D eigenvalue weighted by atomic mass is 9.79. The number of hydrogen-bond acceptors (Lipinski definition) is 4. The molecule has 0 radical (unpaired) electrons. The minimum absolute atomic E-state index is 0.00501. The second-order valence-electron chi connectivity index (χ2n) is 14.1. The quantitative estimate of drug-likeness (QED) is 0.409. The summed E-state index contributed by atoms with van der Waals surface area (Å²) in [5.41, 5.74) is 4.13. The van der Waals surface area contributed by atoms with E-state index in [1.165, 1.54) is 43.2 Å². The molecular weight excluding hydrogens is 508 g/mol. The van der Waals surface area contributed by atoms with Gasteiger partial charge in [0.25, 0.3) is 0 Å². The van der Waals surface area contributed by atoms with Crippen LogP contribution in [-0.4, -0.2) is 43.5 Å². The summed E-state index contributed by atoms with van der Waals surface area (Å²) in [5, 5.41) is 10.9. The van der Waals surface area contributed by atoms with Gasteiger partial charge in [-0.05, 0) is 71.4 Å². The molecule has 1 aromatic heterocycles. The van der Waals surface area contributed by atoms with Crippen LogP contribution in [0.2, 0.25) is 0 Å². The molecule has 0 spiro atoms. The van der Waals surface area contributed by atoms with E-state index in [0.717, 1.165) is 23.5 Å². The highest BCUT2D eigenvalue weighted by Gasteiger charge is 2.33. The van der Waals surface area contributed by atoms with Gasteiger partial charge in [-0.25, -0.2) is 13.1 Å². The van der Waals surface area contributed by atoms with Crippen LogP contribution in [-0.2, 0) is 32.1 Å². The minimum Gasteiger partial charge on any atom is -0.388 e. The highest BCUT2D eigenvalue weighted by molar-refractivity contribution is 7.89. The first-order chi connectivity index (χ1) is 18.1. The molecule has 6 nitrogen and oxygen atoms in total. The van der Waals surface area contributed by atoms with Gasteiger partial charge in [0.15, 0.2) is 0 Å². The molecule has 7 heteroatoms. The molecule has 0 atom stereocenters. The van der Waals surface area contributed by atoms with Gasteiger partial charge in [-0.1, -0.05) is 66.9 Å². The molecule has 218 valence electrons. The van der Waals surface area contributed by atoms with E-state index in [4.69, 9.17) is 4.74 Å². The minimum atomic E-state index is -3.83. The third-order valence-corrected chi connectivity index (χ3v) is 10.3. The Morgan fingerprint density at radius 2 is 1.51 bits per heavy atom. The van der Waals surface area contributed by atoms with Crippen LogP contribution in [0.3, 0.4) is 0 Å². The zero-order valence-electron chi connectivity index (χ0n) is 25.2. The summed E-state index contributed by atoms with van der Waals surface area (Å²) in [4.78, 5) is 0.308. The maximum absolute atomic E-state index is 13.7. The van der Waals surface area contributed by atoms with E-state index in [9.17, 15) is 13.5 Å². The predicted octanol–water partition coefficient (Wildman–Crippen LogP) is 6.46. The van der Waals surface area contributed by atoms with Crippen molar-refractivity contribution in [3.05, 3.63) is 41.1 Å². The predicted molar refractivity (Wildman–Crippen MR) is 159 cm³/mol. The van der Waals surface area contributed by atoms with Gasteiger partial charge in [-0.2, -0.15) is 0 Å². The monoisotopic (exact) mass is 558 g/mol. The van der Waals surface area contributed by atoms with Gasteiger partial charge in [0.2, 0.25) is 10.0 Å². The molecule has 0 unspecified atom stereocenters. The number of hydrogen-bond donors (Lipinski definition) is 2. The van der Waals surface area contributed by atoms with E-state index >= 15 is 0 Å². The van der Waals surface area contributed by atoms with Crippen LogP contribution in [0.1, 0.15) is 103 Å². The second kappa shape index (κ2) is 11.3. The molecule has 2 N–H and O–H groups in total. The van der Waals surface area contributed by atoms with Crippen LogP contribution in [0.15, 0.2) is 29.2 Å². The van der Waals surface area contributed by atoms with Gasteiger partial charge in [0, 0.05) is 50.5 Å². The van der Waals surface area contributed by atoms with Crippen molar-refractivity contribution in [1.29, 1.82) is 0 Å². The van der Waals surface area contributed by atoms with Crippen molar-refractivity contribution < 1.29 is 18.3 Å². The summed E-state index contributed by atoms with van der Waals surface area (Å²) in [6.07, 6.45) is 6.98. The van der Waals surface area contributed by atoms with E-state index in [1.807, 2.05) is 13.0 Å². The lowest BCUT2D eigenvalue weighted by Crippen LogP contribution is -2.46. The third-order valence-electron chi connectivity index (χ3n) is 8.75. The van der Waals surface area contributed by atoms with Gasteiger partial charge >= 0.3 is 0 Å². The molecule has 0 amide bonds. The molecular formula is C32H50N2O4S. The number of benzene rings is 1. The topological polar surface area (TPSA) is 80.6 Å². The molecule has 2 aromatic rings. The molecule has 2 fully saturated rings. The van der Waals surface area contributed by atoms with Gasteiger partial charge in [-0.3, -0.25) is 0 Å². The molecule has 1 saturated heterocycles. The first kappa shape index (κ1) is 30.3. The average molecular weight is 559 g/mol. The first-order valence-electron chi connectivity index (χ1n) is 14.8. The number of aromatic nitrogens is 1. The SMILES string of the molecule is Cc1c(S(=O)(=O)NCC2(O)CCOCC2)cc(-c2cc(C(C)(C)C)cc(C(C)(C)C)c2)n1CC1CCCCC1. The molecule has 4 rings (SSSR count). The van der Waals surface area contributed by atoms with Crippen LogP contribution in [0.5, 0.6) is 0 Å². The van der Waals surface area contributed by atoms with E-state index in [1.54, 1.807) is 0 Å². The third kappa shape index (κ3) is 7.16. The number of sulfonamides is 1. The Morgan fingerprint density at radius 3 is 2.05 bits per heavy atom. The molecule has 2 aliphatic rings. The van der Waals surface area contributed by atoms with Crippen molar-refractivity contribution in [1.82, 2.24) is 9.29 Å². The number of rotatable bonds is 7. The summed E-state index contributed by atoms with van der Waals surface area (Å²) in [6.45, 7) is 17.0. The highest BCUT2D eigenvalue weighted by atomic mass is 32.2. The fourth-order valence-electron chi connectivity index (χ4n) is 5.87. The number of nitrogens with zero attached hydrogens (tertiary/aromatic N) is 1. The van der Waals surface area contributed by atoms with Gasteiger partial charge in [0.1, 0.15) is 4.90 Å². The van der Waals surface area contributed by atoms with Gasteiger partial charge < -0.3 is 14.4 Å². The lowest BCUT2D eigenvalue weighted by molar-refractivity contribution is -0.0588. The fourth-order valence-corrected chi connectivity index (χ4v) is 7.25. The van der Waals surface area contributed by atoms with Crippen molar-refractivity contribution in [2.45, 2.75) is 121 Å². The van der Waals surface area contributed by atoms with Crippen LogP contribution in [0, 0.1) is 12.8 Å². The average Bonchev–Trinajstić information content (AvgIpc) is 3.19. The van der Waals surface area contributed by atoms with Gasteiger partial charge in [-0.15, -0.1) is 0 Å². The molecule has 1 aromatic carbocycles. The summed E-state index contributed by atoms with van der Waals surface area (Å²) < 4.78 is 37.8. The van der Waals surface area contributed by atoms with E-state index in [0.29, 0.717) is 36.9 Å². The van der Waals surface area contributed by atoms with Crippen LogP contribution < -0.4 is 4.72 Å².